The van der Waals surface area contributed by atoms with E-state index < -0.39 is 11.7 Å². The maximum Gasteiger partial charge on any atom is 0.416 e. The SMILES string of the molecule is CN(C)C(=O)CNC(=NCc1cccc(C(F)(F)F)c1)NCC(C)(C)c1cccs1. The molecule has 5 nitrogen and oxygen atoms in total. The number of nitrogens with one attached hydrogen (secondary N) is 2. The minimum Gasteiger partial charge on any atom is -0.355 e. The van der Waals surface area contributed by atoms with Crippen LogP contribution in [0.3, 0.4) is 0 Å². The van der Waals surface area contributed by atoms with E-state index in [1.165, 1.54) is 15.8 Å². The Morgan fingerprint density at radius 1 is 1.13 bits per heavy atom. The van der Waals surface area contributed by atoms with Crippen LogP contribution >= 0.6 is 11.3 Å². The summed E-state index contributed by atoms with van der Waals surface area (Å²) < 4.78 is 38.8. The van der Waals surface area contributed by atoms with Gasteiger partial charge < -0.3 is 15.5 Å². The molecular formula is C21H27F3N4OS. The molecule has 0 unspecified atom stereocenters. The van der Waals surface area contributed by atoms with Crippen molar-refractivity contribution in [3.05, 3.63) is 57.8 Å². The molecule has 0 radical (unpaired) electrons. The third-order valence-corrected chi connectivity index (χ3v) is 5.70. The topological polar surface area (TPSA) is 56.7 Å². The van der Waals surface area contributed by atoms with Crippen molar-refractivity contribution in [2.45, 2.75) is 32.0 Å². The molecular weight excluding hydrogens is 413 g/mol. The number of rotatable bonds is 7. The van der Waals surface area contributed by atoms with E-state index in [0.717, 1.165) is 12.1 Å². The molecule has 2 N–H and O–H groups in total. The fraction of sp³-hybridized carbons (Fsp3) is 0.429. The summed E-state index contributed by atoms with van der Waals surface area (Å²) in [6.45, 7) is 4.79. The van der Waals surface area contributed by atoms with Gasteiger partial charge in [-0.3, -0.25) is 4.79 Å². The van der Waals surface area contributed by atoms with Crippen molar-refractivity contribution >= 4 is 23.2 Å². The highest BCUT2D eigenvalue weighted by atomic mass is 32.1. The number of amides is 1. The summed E-state index contributed by atoms with van der Waals surface area (Å²) in [7, 11) is 3.30. The van der Waals surface area contributed by atoms with Crippen molar-refractivity contribution < 1.29 is 18.0 Å². The molecule has 0 bridgehead atoms. The van der Waals surface area contributed by atoms with Crippen LogP contribution in [0.5, 0.6) is 0 Å². The highest BCUT2D eigenvalue weighted by molar-refractivity contribution is 7.10. The Hall–Kier alpha value is -2.55. The van der Waals surface area contributed by atoms with Crippen LogP contribution in [0, 0.1) is 0 Å². The Morgan fingerprint density at radius 3 is 2.47 bits per heavy atom. The highest BCUT2D eigenvalue weighted by Gasteiger charge is 2.30. The Labute approximate surface area is 179 Å². The zero-order valence-corrected chi connectivity index (χ0v) is 18.3. The van der Waals surface area contributed by atoms with Crippen molar-refractivity contribution in [3.63, 3.8) is 0 Å². The number of guanidine groups is 1. The fourth-order valence-electron chi connectivity index (χ4n) is 2.56. The van der Waals surface area contributed by atoms with Gasteiger partial charge in [-0.1, -0.05) is 32.0 Å². The number of thiophene rings is 1. The van der Waals surface area contributed by atoms with Gasteiger partial charge in [0.1, 0.15) is 0 Å². The molecule has 0 aliphatic carbocycles. The molecule has 1 aromatic heterocycles. The van der Waals surface area contributed by atoms with Crippen LogP contribution in [-0.2, 0) is 22.9 Å². The molecule has 1 aromatic carbocycles. The Morgan fingerprint density at radius 2 is 1.87 bits per heavy atom. The van der Waals surface area contributed by atoms with E-state index in [2.05, 4.69) is 35.5 Å². The monoisotopic (exact) mass is 440 g/mol. The summed E-state index contributed by atoms with van der Waals surface area (Å²) in [6.07, 6.45) is -4.40. The van der Waals surface area contributed by atoms with E-state index in [4.69, 9.17) is 0 Å². The lowest BCUT2D eigenvalue weighted by Crippen LogP contribution is -2.46. The third kappa shape index (κ3) is 7.05. The summed E-state index contributed by atoms with van der Waals surface area (Å²) in [5, 5.41) is 8.18. The second-order valence-corrected chi connectivity index (χ2v) is 8.67. The zero-order valence-electron chi connectivity index (χ0n) is 17.5. The number of aliphatic imine (C=N–C) groups is 1. The van der Waals surface area contributed by atoms with Gasteiger partial charge in [0.05, 0.1) is 18.7 Å². The number of carbonyl (C=O) groups excluding carboxylic acids is 1. The van der Waals surface area contributed by atoms with Gasteiger partial charge in [0.2, 0.25) is 5.91 Å². The van der Waals surface area contributed by atoms with E-state index >= 15 is 0 Å². The van der Waals surface area contributed by atoms with Crippen molar-refractivity contribution in [1.82, 2.24) is 15.5 Å². The normalized spacial score (nSPS) is 12.6. The molecule has 0 saturated heterocycles. The fourth-order valence-corrected chi connectivity index (χ4v) is 3.42. The van der Waals surface area contributed by atoms with Crippen LogP contribution in [0.4, 0.5) is 13.2 Å². The Balaban J connectivity index is 2.13. The summed E-state index contributed by atoms with van der Waals surface area (Å²) in [5.41, 5.74) is -0.458. The smallest absolute Gasteiger partial charge is 0.355 e. The number of benzene rings is 1. The van der Waals surface area contributed by atoms with Gasteiger partial charge in [-0.15, -0.1) is 11.3 Å². The van der Waals surface area contributed by atoms with Crippen molar-refractivity contribution in [2.75, 3.05) is 27.2 Å². The summed E-state index contributed by atoms with van der Waals surface area (Å²) in [6, 6.07) is 9.11. The number of alkyl halides is 3. The molecule has 0 atom stereocenters. The quantitative estimate of drug-likeness (QED) is 0.508. The number of likely N-dealkylation sites (N-methyl/N-ethyl adjacent to an activating group) is 1. The molecule has 9 heteroatoms. The van der Waals surface area contributed by atoms with Gasteiger partial charge in [-0.25, -0.2) is 4.99 Å². The van der Waals surface area contributed by atoms with Crippen LogP contribution in [0.25, 0.3) is 0 Å². The average Bonchev–Trinajstić information content (AvgIpc) is 3.22. The van der Waals surface area contributed by atoms with Gasteiger partial charge in [-0.05, 0) is 29.1 Å². The van der Waals surface area contributed by atoms with E-state index in [1.807, 2.05) is 11.4 Å². The van der Waals surface area contributed by atoms with Crippen molar-refractivity contribution in [1.29, 1.82) is 0 Å². The maximum absolute atomic E-state index is 12.9. The van der Waals surface area contributed by atoms with E-state index in [0.29, 0.717) is 18.1 Å². The molecule has 2 rings (SSSR count). The summed E-state index contributed by atoms with van der Waals surface area (Å²) >= 11 is 1.65. The Bertz CT molecular complexity index is 861. The first kappa shape index (κ1) is 23.7. The lowest BCUT2D eigenvalue weighted by atomic mass is 9.91. The maximum atomic E-state index is 12.9. The highest BCUT2D eigenvalue weighted by Crippen LogP contribution is 2.29. The summed E-state index contributed by atoms with van der Waals surface area (Å²) in [4.78, 5) is 19.0. The molecule has 0 aliphatic rings. The zero-order chi connectivity index (χ0) is 22.4. The Kier molecular flexibility index (Phi) is 7.89. The van der Waals surface area contributed by atoms with Gasteiger partial charge in [0.15, 0.2) is 5.96 Å². The number of halogens is 3. The van der Waals surface area contributed by atoms with Crippen molar-refractivity contribution in [3.8, 4) is 0 Å². The lowest BCUT2D eigenvalue weighted by molar-refractivity contribution is -0.137. The predicted octanol–water partition coefficient (Wildman–Crippen LogP) is 3.87. The van der Waals surface area contributed by atoms with Crippen LogP contribution < -0.4 is 10.6 Å². The molecule has 0 aliphatic heterocycles. The first-order valence-electron chi connectivity index (χ1n) is 9.41. The first-order valence-corrected chi connectivity index (χ1v) is 10.3. The van der Waals surface area contributed by atoms with Gasteiger partial charge >= 0.3 is 6.18 Å². The second-order valence-electron chi connectivity index (χ2n) is 7.72. The van der Waals surface area contributed by atoms with Crippen LogP contribution in [-0.4, -0.2) is 44.0 Å². The predicted molar refractivity (Wildman–Crippen MR) is 115 cm³/mol. The van der Waals surface area contributed by atoms with E-state index in [-0.39, 0.29) is 24.4 Å². The first-order chi connectivity index (χ1) is 14.0. The van der Waals surface area contributed by atoms with Gasteiger partial charge in [-0.2, -0.15) is 13.2 Å². The van der Waals surface area contributed by atoms with Crippen LogP contribution in [0.1, 0.15) is 29.9 Å². The molecule has 1 amide bonds. The van der Waals surface area contributed by atoms with Gasteiger partial charge in [0, 0.05) is 30.9 Å². The molecule has 0 saturated carbocycles. The van der Waals surface area contributed by atoms with Gasteiger partial charge in [0.25, 0.3) is 0 Å². The molecule has 2 aromatic rings. The second kappa shape index (κ2) is 9.97. The molecule has 0 fully saturated rings. The summed E-state index contributed by atoms with van der Waals surface area (Å²) in [5.74, 6) is 0.230. The molecule has 30 heavy (non-hydrogen) atoms. The number of carbonyl (C=O) groups is 1. The van der Waals surface area contributed by atoms with E-state index in [9.17, 15) is 18.0 Å². The lowest BCUT2D eigenvalue weighted by Gasteiger charge is -2.25. The van der Waals surface area contributed by atoms with Crippen LogP contribution in [0.2, 0.25) is 0 Å². The van der Waals surface area contributed by atoms with E-state index in [1.54, 1.807) is 31.5 Å². The standard InChI is InChI=1S/C21H27F3N4OS/c1-20(2,17-9-6-10-30-17)14-27-19(26-13-18(29)28(3)4)25-12-15-7-5-8-16(11-15)21(22,23)24/h5-11H,12-14H2,1-4H3,(H2,25,26,27). The third-order valence-electron chi connectivity index (χ3n) is 4.47. The average molecular weight is 441 g/mol. The minimum atomic E-state index is -4.40. The molecule has 164 valence electrons. The molecule has 0 spiro atoms. The molecule has 1 heterocycles. The number of hydrogen-bond donors (Lipinski definition) is 2. The van der Waals surface area contributed by atoms with Crippen molar-refractivity contribution in [2.24, 2.45) is 4.99 Å². The number of hydrogen-bond acceptors (Lipinski definition) is 3. The largest absolute Gasteiger partial charge is 0.416 e. The number of nitrogens with zero attached hydrogens (tertiary/aromatic N) is 2. The minimum absolute atomic E-state index is 0.0286. The van der Waals surface area contributed by atoms with Crippen LogP contribution in [0.15, 0.2) is 46.8 Å².